The van der Waals surface area contributed by atoms with E-state index in [9.17, 15) is 8.42 Å². The number of rotatable bonds is 7. The molecule has 0 aromatic heterocycles. The third-order valence-corrected chi connectivity index (χ3v) is 6.97. The summed E-state index contributed by atoms with van der Waals surface area (Å²) in [6.45, 7) is 3.71. The van der Waals surface area contributed by atoms with E-state index in [1.165, 1.54) is 0 Å². The van der Waals surface area contributed by atoms with Crippen molar-refractivity contribution in [2.75, 3.05) is 18.1 Å². The Kier molecular flexibility index (Phi) is 6.55. The Morgan fingerprint density at radius 1 is 1.43 bits per heavy atom. The summed E-state index contributed by atoms with van der Waals surface area (Å²) in [4.78, 5) is 0.329. The van der Waals surface area contributed by atoms with Crippen LogP contribution in [0.3, 0.4) is 0 Å². The van der Waals surface area contributed by atoms with E-state index in [2.05, 4.69) is 32.9 Å². The third-order valence-electron chi connectivity index (χ3n) is 3.29. The van der Waals surface area contributed by atoms with E-state index in [1.54, 1.807) is 23.9 Å². The van der Waals surface area contributed by atoms with E-state index in [-0.39, 0.29) is 6.04 Å². The standard InChI is InChI=1S/C14H21BrN2O2S2/c1-2-6-16-9-11-3-4-13(15)14(8-11)21(18,19)17-12-5-7-20-10-12/h3-4,8,12,16-17H,2,5-7,9-10H2,1H3. The van der Waals surface area contributed by atoms with Crippen molar-refractivity contribution in [2.45, 2.75) is 37.2 Å². The molecular weight excluding hydrogens is 372 g/mol. The first-order valence-electron chi connectivity index (χ1n) is 7.12. The quantitative estimate of drug-likeness (QED) is 0.700. The predicted molar refractivity (Wildman–Crippen MR) is 92.2 cm³/mol. The van der Waals surface area contributed by atoms with Crippen LogP contribution < -0.4 is 10.0 Å². The minimum absolute atomic E-state index is 0.0498. The van der Waals surface area contributed by atoms with Crippen LogP contribution in [0.1, 0.15) is 25.3 Å². The van der Waals surface area contributed by atoms with Crippen LogP contribution >= 0.6 is 27.7 Å². The maximum Gasteiger partial charge on any atom is 0.241 e. The molecule has 1 aromatic rings. The van der Waals surface area contributed by atoms with Gasteiger partial charge < -0.3 is 5.32 Å². The Morgan fingerprint density at radius 3 is 2.90 bits per heavy atom. The van der Waals surface area contributed by atoms with Gasteiger partial charge in [0.2, 0.25) is 10.0 Å². The minimum Gasteiger partial charge on any atom is -0.313 e. The van der Waals surface area contributed by atoms with Crippen LogP contribution in [0.25, 0.3) is 0 Å². The zero-order chi connectivity index (χ0) is 15.3. The van der Waals surface area contributed by atoms with Gasteiger partial charge in [-0.25, -0.2) is 13.1 Å². The van der Waals surface area contributed by atoms with Crippen LogP contribution in [0.5, 0.6) is 0 Å². The van der Waals surface area contributed by atoms with Crippen molar-refractivity contribution in [3.63, 3.8) is 0 Å². The Bertz CT molecular complexity index is 572. The number of sulfonamides is 1. The average Bonchev–Trinajstić information content (AvgIpc) is 2.93. The average molecular weight is 393 g/mol. The topological polar surface area (TPSA) is 58.2 Å². The van der Waals surface area contributed by atoms with Gasteiger partial charge in [-0.05, 0) is 58.8 Å². The summed E-state index contributed by atoms with van der Waals surface area (Å²) >= 11 is 5.14. The summed E-state index contributed by atoms with van der Waals surface area (Å²) in [6.07, 6.45) is 1.96. The van der Waals surface area contributed by atoms with Crippen LogP contribution in [0, 0.1) is 0 Å². The monoisotopic (exact) mass is 392 g/mol. The smallest absolute Gasteiger partial charge is 0.241 e. The first-order chi connectivity index (χ1) is 10.0. The number of thioether (sulfide) groups is 1. The summed E-state index contributed by atoms with van der Waals surface area (Å²) in [5, 5.41) is 3.29. The molecule has 0 aliphatic carbocycles. The molecule has 1 aliphatic rings. The van der Waals surface area contributed by atoms with Gasteiger partial charge in [-0.3, -0.25) is 0 Å². The second kappa shape index (κ2) is 7.97. The maximum absolute atomic E-state index is 12.5. The number of benzene rings is 1. The molecule has 1 aliphatic heterocycles. The van der Waals surface area contributed by atoms with Crippen molar-refractivity contribution in [3.8, 4) is 0 Å². The van der Waals surface area contributed by atoms with E-state index >= 15 is 0 Å². The van der Waals surface area contributed by atoms with E-state index in [0.29, 0.717) is 15.9 Å². The first-order valence-corrected chi connectivity index (χ1v) is 10.5. The van der Waals surface area contributed by atoms with Gasteiger partial charge in [-0.2, -0.15) is 11.8 Å². The second-order valence-electron chi connectivity index (χ2n) is 5.12. The molecule has 7 heteroatoms. The molecule has 1 heterocycles. The normalized spacial score (nSPS) is 19.0. The SMILES string of the molecule is CCCNCc1ccc(Br)c(S(=O)(=O)NC2CCSC2)c1. The molecular formula is C14H21BrN2O2S2. The Morgan fingerprint density at radius 2 is 2.24 bits per heavy atom. The molecule has 2 N–H and O–H groups in total. The highest BCUT2D eigenvalue weighted by Gasteiger charge is 2.25. The number of halogens is 1. The van der Waals surface area contributed by atoms with Gasteiger partial charge in [0.25, 0.3) is 0 Å². The second-order valence-corrected chi connectivity index (χ2v) is 8.81. The van der Waals surface area contributed by atoms with Crippen molar-refractivity contribution in [1.82, 2.24) is 10.0 Å². The molecule has 0 saturated carbocycles. The van der Waals surface area contributed by atoms with E-state index in [4.69, 9.17) is 0 Å². The van der Waals surface area contributed by atoms with Crippen LogP contribution in [-0.4, -0.2) is 32.5 Å². The number of hydrogen-bond donors (Lipinski definition) is 2. The summed E-state index contributed by atoms with van der Waals surface area (Å²) in [6, 6.07) is 5.55. The Labute approximate surface area is 139 Å². The molecule has 0 bridgehead atoms. The van der Waals surface area contributed by atoms with Crippen molar-refractivity contribution < 1.29 is 8.42 Å². The van der Waals surface area contributed by atoms with Crippen LogP contribution in [0.2, 0.25) is 0 Å². The van der Waals surface area contributed by atoms with E-state index in [0.717, 1.165) is 36.5 Å². The molecule has 0 radical (unpaired) electrons. The van der Waals surface area contributed by atoms with Gasteiger partial charge in [0.1, 0.15) is 0 Å². The third kappa shape index (κ3) is 4.96. The molecule has 118 valence electrons. The van der Waals surface area contributed by atoms with Crippen molar-refractivity contribution in [1.29, 1.82) is 0 Å². The predicted octanol–water partition coefficient (Wildman–Crippen LogP) is 2.73. The lowest BCUT2D eigenvalue weighted by molar-refractivity contribution is 0.562. The maximum atomic E-state index is 12.5. The lowest BCUT2D eigenvalue weighted by Crippen LogP contribution is -2.34. The summed E-state index contributed by atoms with van der Waals surface area (Å²) in [7, 11) is -3.47. The van der Waals surface area contributed by atoms with Gasteiger partial charge in [-0.1, -0.05) is 13.0 Å². The van der Waals surface area contributed by atoms with E-state index in [1.807, 2.05) is 6.07 Å². The van der Waals surface area contributed by atoms with Gasteiger partial charge in [0, 0.05) is 22.8 Å². The molecule has 1 aromatic carbocycles. The highest BCUT2D eigenvalue weighted by Crippen LogP contribution is 2.25. The summed E-state index contributed by atoms with van der Waals surface area (Å²) in [5.41, 5.74) is 0.979. The van der Waals surface area contributed by atoms with Gasteiger partial charge in [-0.15, -0.1) is 0 Å². The number of hydrogen-bond acceptors (Lipinski definition) is 4. The fraction of sp³-hybridized carbons (Fsp3) is 0.571. The van der Waals surface area contributed by atoms with Crippen molar-refractivity contribution in [2.24, 2.45) is 0 Å². The highest BCUT2D eigenvalue weighted by molar-refractivity contribution is 9.10. The molecule has 0 spiro atoms. The fourth-order valence-electron chi connectivity index (χ4n) is 2.18. The molecule has 0 amide bonds. The van der Waals surface area contributed by atoms with Gasteiger partial charge >= 0.3 is 0 Å². The summed E-state index contributed by atoms with van der Waals surface area (Å²) in [5.74, 6) is 1.88. The lowest BCUT2D eigenvalue weighted by Gasteiger charge is -2.14. The molecule has 1 fully saturated rings. The molecule has 4 nitrogen and oxygen atoms in total. The van der Waals surface area contributed by atoms with Crippen molar-refractivity contribution in [3.05, 3.63) is 28.2 Å². The Balaban J connectivity index is 2.14. The fourth-order valence-corrected chi connectivity index (χ4v) is 5.73. The minimum atomic E-state index is -3.47. The van der Waals surface area contributed by atoms with Crippen LogP contribution in [0.4, 0.5) is 0 Å². The van der Waals surface area contributed by atoms with Gasteiger partial charge in [0.05, 0.1) is 4.90 Å². The zero-order valence-corrected chi connectivity index (χ0v) is 15.3. The number of nitrogens with one attached hydrogen (secondary N) is 2. The van der Waals surface area contributed by atoms with Crippen LogP contribution in [-0.2, 0) is 16.6 Å². The van der Waals surface area contributed by atoms with E-state index < -0.39 is 10.0 Å². The largest absolute Gasteiger partial charge is 0.313 e. The molecule has 2 rings (SSSR count). The van der Waals surface area contributed by atoms with Gasteiger partial charge in [0.15, 0.2) is 0 Å². The van der Waals surface area contributed by atoms with Crippen molar-refractivity contribution >= 4 is 37.7 Å². The highest BCUT2D eigenvalue weighted by atomic mass is 79.9. The molecule has 1 atom stereocenters. The molecule has 1 saturated heterocycles. The lowest BCUT2D eigenvalue weighted by atomic mass is 10.2. The first kappa shape index (κ1) is 17.3. The molecule has 1 unspecified atom stereocenters. The zero-order valence-electron chi connectivity index (χ0n) is 12.1. The summed E-state index contributed by atoms with van der Waals surface area (Å²) < 4.78 is 28.5. The Hall–Kier alpha value is -0.0800. The molecule has 21 heavy (non-hydrogen) atoms. The van der Waals surface area contributed by atoms with Crippen LogP contribution in [0.15, 0.2) is 27.6 Å².